The molecule has 0 saturated heterocycles. The Kier molecular flexibility index (Phi) is 3.17. The fourth-order valence-electron chi connectivity index (χ4n) is 2.56. The van der Waals surface area contributed by atoms with Gasteiger partial charge in [-0.15, -0.1) is 0 Å². The van der Waals surface area contributed by atoms with Gasteiger partial charge in [0, 0.05) is 22.8 Å². The highest BCUT2D eigenvalue weighted by Gasteiger charge is 2.18. The largest absolute Gasteiger partial charge is 0.340 e. The number of nitrogens with zero attached hydrogens (tertiary/aromatic N) is 2. The summed E-state index contributed by atoms with van der Waals surface area (Å²) in [5.74, 6) is -0.764. The highest BCUT2D eigenvalue weighted by molar-refractivity contribution is 5.81. The van der Waals surface area contributed by atoms with Gasteiger partial charge in [0.05, 0.1) is 11.5 Å². The Bertz CT molecular complexity index is 839. The zero-order valence-corrected chi connectivity index (χ0v) is 11.4. The maximum atomic E-state index is 14.2. The lowest BCUT2D eigenvalue weighted by Crippen LogP contribution is -2.05. The number of benzene rings is 2. The molecule has 0 N–H and O–H groups in total. The summed E-state index contributed by atoms with van der Waals surface area (Å²) in [6, 6.07) is 14.1. The third kappa shape index (κ3) is 2.27. The molecule has 0 bridgehead atoms. The Morgan fingerprint density at radius 3 is 2.71 bits per heavy atom. The van der Waals surface area contributed by atoms with E-state index in [1.165, 1.54) is 12.1 Å². The molecule has 2 aromatic carbocycles. The van der Waals surface area contributed by atoms with E-state index < -0.39 is 16.4 Å². The molecule has 0 unspecified atom stereocenters. The maximum Gasteiger partial charge on any atom is 0.305 e. The second-order valence-corrected chi connectivity index (χ2v) is 4.94. The van der Waals surface area contributed by atoms with Crippen LogP contribution >= 0.6 is 0 Å². The van der Waals surface area contributed by atoms with E-state index in [0.717, 1.165) is 16.6 Å². The van der Waals surface area contributed by atoms with Crippen LogP contribution in [0.4, 0.5) is 10.1 Å². The minimum Gasteiger partial charge on any atom is -0.340 e. The minimum absolute atomic E-state index is 0.271. The number of nitro groups is 1. The molecule has 0 saturated carbocycles. The molecular weight excluding hydrogens is 271 g/mol. The van der Waals surface area contributed by atoms with Crippen LogP contribution in [0.15, 0.2) is 48.5 Å². The molecule has 0 fully saturated rings. The van der Waals surface area contributed by atoms with Crippen molar-refractivity contribution < 1.29 is 9.31 Å². The quantitative estimate of drug-likeness (QED) is 0.538. The van der Waals surface area contributed by atoms with Gasteiger partial charge in [0.2, 0.25) is 5.82 Å². The van der Waals surface area contributed by atoms with Gasteiger partial charge in [-0.1, -0.05) is 30.3 Å². The molecule has 5 heteroatoms. The summed E-state index contributed by atoms with van der Waals surface area (Å²) in [7, 11) is 0. The number of nitro benzene ring substituents is 1. The van der Waals surface area contributed by atoms with E-state index in [1.54, 1.807) is 6.07 Å². The average molecular weight is 284 g/mol. The minimum atomic E-state index is -0.764. The summed E-state index contributed by atoms with van der Waals surface area (Å²) in [5, 5.41) is 11.9. The number of fused-ring (bicyclic) bond motifs is 1. The lowest BCUT2D eigenvalue weighted by atomic mass is 10.1. The smallest absolute Gasteiger partial charge is 0.305 e. The van der Waals surface area contributed by atoms with Crippen molar-refractivity contribution in [1.29, 1.82) is 0 Å². The molecule has 0 aliphatic carbocycles. The lowest BCUT2D eigenvalue weighted by molar-refractivity contribution is -0.387. The van der Waals surface area contributed by atoms with Gasteiger partial charge in [-0.2, -0.15) is 4.39 Å². The number of hydrogen-bond acceptors (Lipinski definition) is 2. The van der Waals surface area contributed by atoms with Crippen LogP contribution < -0.4 is 0 Å². The third-order valence-electron chi connectivity index (χ3n) is 3.60. The first-order valence-electron chi connectivity index (χ1n) is 6.54. The summed E-state index contributed by atoms with van der Waals surface area (Å²) in [6.45, 7) is 2.21. The summed E-state index contributed by atoms with van der Waals surface area (Å²) < 4.78 is 16.1. The Morgan fingerprint density at radius 1 is 1.19 bits per heavy atom. The first-order valence-corrected chi connectivity index (χ1v) is 6.54. The van der Waals surface area contributed by atoms with E-state index >= 15 is 0 Å². The van der Waals surface area contributed by atoms with Gasteiger partial charge in [-0.3, -0.25) is 10.1 Å². The van der Waals surface area contributed by atoms with Crippen LogP contribution in [0.3, 0.4) is 0 Å². The van der Waals surface area contributed by atoms with Crippen LogP contribution in [0.25, 0.3) is 10.9 Å². The normalized spacial score (nSPS) is 11.0. The first-order chi connectivity index (χ1) is 10.1. The zero-order chi connectivity index (χ0) is 15.0. The van der Waals surface area contributed by atoms with E-state index in [1.807, 2.05) is 41.8 Å². The van der Waals surface area contributed by atoms with Gasteiger partial charge in [-0.05, 0) is 24.4 Å². The van der Waals surface area contributed by atoms with Gasteiger partial charge in [-0.25, -0.2) is 0 Å². The predicted octanol–water partition coefficient (Wildman–Crippen LogP) is 4.05. The van der Waals surface area contributed by atoms with Crippen LogP contribution in [0, 0.1) is 22.9 Å². The lowest BCUT2D eigenvalue weighted by Gasteiger charge is -2.09. The van der Waals surface area contributed by atoms with Gasteiger partial charge in [0.15, 0.2) is 0 Å². The fourth-order valence-corrected chi connectivity index (χ4v) is 2.56. The zero-order valence-electron chi connectivity index (χ0n) is 11.4. The van der Waals surface area contributed by atoms with E-state index in [0.29, 0.717) is 5.56 Å². The molecule has 1 aromatic heterocycles. The number of hydrogen-bond donors (Lipinski definition) is 0. The summed E-state index contributed by atoms with van der Waals surface area (Å²) >= 11 is 0. The standard InChI is InChI=1S/C16H13FN2O2/c1-11-9-12-5-2-3-7-14(12)18(11)10-13-6-4-8-15(16(13)17)19(20)21/h2-9H,10H2,1H3. The molecule has 0 aliphatic rings. The second kappa shape index (κ2) is 5.01. The van der Waals surface area contributed by atoms with Crippen molar-refractivity contribution >= 4 is 16.6 Å². The summed E-state index contributed by atoms with van der Waals surface area (Å²) in [6.07, 6.45) is 0. The Labute approximate surface area is 120 Å². The summed E-state index contributed by atoms with van der Waals surface area (Å²) in [5.41, 5.74) is 1.80. The number of rotatable bonds is 3. The van der Waals surface area contributed by atoms with Crippen molar-refractivity contribution in [1.82, 2.24) is 4.57 Å². The molecule has 1 heterocycles. The van der Waals surface area contributed by atoms with Gasteiger partial charge < -0.3 is 4.57 Å². The molecule has 21 heavy (non-hydrogen) atoms. The molecule has 0 atom stereocenters. The van der Waals surface area contributed by atoms with Crippen LogP contribution in [0.2, 0.25) is 0 Å². The SMILES string of the molecule is Cc1cc2ccccc2n1Cc1cccc([N+](=O)[O-])c1F. The van der Waals surface area contributed by atoms with Crippen LogP contribution in [0.1, 0.15) is 11.3 Å². The van der Waals surface area contributed by atoms with E-state index in [2.05, 4.69) is 0 Å². The summed E-state index contributed by atoms with van der Waals surface area (Å²) in [4.78, 5) is 10.1. The number of aryl methyl sites for hydroxylation is 1. The Hall–Kier alpha value is -2.69. The van der Waals surface area contributed by atoms with E-state index in [-0.39, 0.29) is 6.54 Å². The number of aromatic nitrogens is 1. The van der Waals surface area contributed by atoms with Crippen LogP contribution in [-0.2, 0) is 6.54 Å². The average Bonchev–Trinajstić information content (AvgIpc) is 2.77. The highest BCUT2D eigenvalue weighted by atomic mass is 19.1. The molecular formula is C16H13FN2O2. The van der Waals surface area contributed by atoms with Crippen molar-refractivity contribution in [3.8, 4) is 0 Å². The number of halogens is 1. The fraction of sp³-hybridized carbons (Fsp3) is 0.125. The Morgan fingerprint density at radius 2 is 1.95 bits per heavy atom. The first kappa shape index (κ1) is 13.3. The molecule has 0 spiro atoms. The van der Waals surface area contributed by atoms with Gasteiger partial charge in [0.1, 0.15) is 0 Å². The maximum absolute atomic E-state index is 14.2. The molecule has 106 valence electrons. The van der Waals surface area contributed by atoms with Crippen molar-refractivity contribution in [2.24, 2.45) is 0 Å². The Balaban J connectivity index is 2.09. The van der Waals surface area contributed by atoms with E-state index in [4.69, 9.17) is 0 Å². The van der Waals surface area contributed by atoms with Gasteiger partial charge in [0.25, 0.3) is 0 Å². The van der Waals surface area contributed by atoms with Crippen molar-refractivity contribution in [3.05, 3.63) is 75.7 Å². The van der Waals surface area contributed by atoms with Gasteiger partial charge >= 0.3 is 5.69 Å². The van der Waals surface area contributed by atoms with Crippen molar-refractivity contribution in [2.75, 3.05) is 0 Å². The topological polar surface area (TPSA) is 48.1 Å². The molecule has 0 radical (unpaired) electrons. The van der Waals surface area contributed by atoms with Crippen molar-refractivity contribution in [2.45, 2.75) is 13.5 Å². The third-order valence-corrected chi connectivity index (χ3v) is 3.60. The second-order valence-electron chi connectivity index (χ2n) is 4.94. The molecule has 0 aliphatic heterocycles. The monoisotopic (exact) mass is 284 g/mol. The predicted molar refractivity (Wildman–Crippen MR) is 78.8 cm³/mol. The highest BCUT2D eigenvalue weighted by Crippen LogP contribution is 2.24. The molecule has 3 rings (SSSR count). The van der Waals surface area contributed by atoms with Crippen LogP contribution in [0.5, 0.6) is 0 Å². The molecule has 0 amide bonds. The number of para-hydroxylation sites is 1. The van der Waals surface area contributed by atoms with Crippen molar-refractivity contribution in [3.63, 3.8) is 0 Å². The molecule has 3 aromatic rings. The van der Waals surface area contributed by atoms with Crippen LogP contribution in [-0.4, -0.2) is 9.49 Å². The molecule has 4 nitrogen and oxygen atoms in total. The van der Waals surface area contributed by atoms with E-state index in [9.17, 15) is 14.5 Å².